The number of nitrogens with one attached hydrogen (secondary N) is 2. The first-order chi connectivity index (χ1) is 9.22. The summed E-state index contributed by atoms with van der Waals surface area (Å²) < 4.78 is 6.73. The average Bonchev–Trinajstić information content (AvgIpc) is 2.92. The van der Waals surface area contributed by atoms with Gasteiger partial charge in [-0.1, -0.05) is 0 Å². The predicted molar refractivity (Wildman–Crippen MR) is 74.0 cm³/mol. The van der Waals surface area contributed by atoms with E-state index in [2.05, 4.69) is 36.3 Å². The molecule has 0 unspecified atom stereocenters. The molecular weight excluding hydrogens is 314 g/mol. The molecule has 2 heterocycles. The summed E-state index contributed by atoms with van der Waals surface area (Å²) >= 11 is 3.28. The van der Waals surface area contributed by atoms with Crippen molar-refractivity contribution in [2.24, 2.45) is 0 Å². The molecule has 0 fully saturated rings. The van der Waals surface area contributed by atoms with Crippen molar-refractivity contribution in [3.05, 3.63) is 39.2 Å². The highest BCUT2D eigenvalue weighted by atomic mass is 79.9. The fourth-order valence-corrected chi connectivity index (χ4v) is 1.95. The highest BCUT2D eigenvalue weighted by Gasteiger charge is 2.08. The van der Waals surface area contributed by atoms with E-state index in [1.54, 1.807) is 25.7 Å². The number of methoxy groups -OCH3 is 1. The van der Waals surface area contributed by atoms with Crippen LogP contribution in [0.5, 0.6) is 0 Å². The Kier molecular flexibility index (Phi) is 4.69. The summed E-state index contributed by atoms with van der Waals surface area (Å²) in [5.74, 6) is 0.787. The molecule has 0 aromatic carbocycles. The maximum atomic E-state index is 12.0. The molecule has 0 aliphatic carbocycles. The van der Waals surface area contributed by atoms with Gasteiger partial charge in [0.15, 0.2) is 0 Å². The van der Waals surface area contributed by atoms with Gasteiger partial charge >= 0.3 is 0 Å². The first kappa shape index (κ1) is 13.8. The van der Waals surface area contributed by atoms with Gasteiger partial charge in [0.05, 0.1) is 31.6 Å². The molecule has 2 aromatic heterocycles. The van der Waals surface area contributed by atoms with Crippen LogP contribution in [0.15, 0.2) is 27.9 Å². The van der Waals surface area contributed by atoms with Gasteiger partial charge in [0.2, 0.25) is 0 Å². The average molecular weight is 328 g/mol. The molecule has 0 spiro atoms. The van der Waals surface area contributed by atoms with Crippen molar-refractivity contribution < 1.29 is 4.74 Å². The lowest BCUT2D eigenvalue weighted by atomic mass is 10.4. The minimum atomic E-state index is -0.193. The van der Waals surface area contributed by atoms with E-state index in [1.807, 2.05) is 0 Å². The molecule has 0 atom stereocenters. The van der Waals surface area contributed by atoms with Crippen LogP contribution in [0.2, 0.25) is 0 Å². The summed E-state index contributed by atoms with van der Waals surface area (Å²) in [5, 5.41) is 7.17. The van der Waals surface area contributed by atoms with Crippen molar-refractivity contribution in [2.75, 3.05) is 19.0 Å². The maximum Gasteiger partial charge on any atom is 0.283 e. The van der Waals surface area contributed by atoms with Gasteiger partial charge in [-0.2, -0.15) is 5.10 Å². The molecule has 0 amide bonds. The number of aromatic nitrogens is 4. The summed E-state index contributed by atoms with van der Waals surface area (Å²) in [4.78, 5) is 19.1. The molecule has 0 saturated heterocycles. The molecule has 0 aliphatic rings. The Bertz CT molecular complexity index is 581. The number of rotatable bonds is 6. The van der Waals surface area contributed by atoms with E-state index in [0.29, 0.717) is 29.9 Å². The van der Waals surface area contributed by atoms with Crippen LogP contribution in [-0.4, -0.2) is 33.5 Å². The van der Waals surface area contributed by atoms with E-state index in [-0.39, 0.29) is 5.56 Å². The SMILES string of the molecule is COCCn1ncc(NCc2ncc[nH]2)c(Br)c1=O. The van der Waals surface area contributed by atoms with Crippen LogP contribution in [0.3, 0.4) is 0 Å². The first-order valence-corrected chi connectivity index (χ1v) is 6.48. The Balaban J connectivity index is 2.09. The zero-order chi connectivity index (χ0) is 13.7. The van der Waals surface area contributed by atoms with E-state index < -0.39 is 0 Å². The highest BCUT2D eigenvalue weighted by Crippen LogP contribution is 2.16. The van der Waals surface area contributed by atoms with Gasteiger partial charge in [0, 0.05) is 19.5 Å². The summed E-state index contributed by atoms with van der Waals surface area (Å²) in [6.45, 7) is 1.36. The molecule has 0 bridgehead atoms. The lowest BCUT2D eigenvalue weighted by Gasteiger charge is -2.09. The van der Waals surface area contributed by atoms with Gasteiger partial charge in [-0.3, -0.25) is 4.79 Å². The zero-order valence-electron chi connectivity index (χ0n) is 10.4. The molecule has 7 nitrogen and oxygen atoms in total. The Hall–Kier alpha value is -1.67. The van der Waals surface area contributed by atoms with E-state index in [9.17, 15) is 4.79 Å². The lowest BCUT2D eigenvalue weighted by Crippen LogP contribution is -2.26. The van der Waals surface area contributed by atoms with Crippen molar-refractivity contribution in [1.29, 1.82) is 0 Å². The maximum absolute atomic E-state index is 12.0. The predicted octanol–water partition coefficient (Wildman–Crippen LogP) is 0.987. The molecule has 2 aromatic rings. The second-order valence-corrected chi connectivity index (χ2v) is 4.58. The number of halogens is 1. The smallest absolute Gasteiger partial charge is 0.283 e. The normalized spacial score (nSPS) is 10.6. The number of anilines is 1. The Morgan fingerprint density at radius 1 is 1.58 bits per heavy atom. The fraction of sp³-hybridized carbons (Fsp3) is 0.364. The number of nitrogens with zero attached hydrogens (tertiary/aromatic N) is 3. The minimum absolute atomic E-state index is 0.193. The summed E-state index contributed by atoms with van der Waals surface area (Å²) in [7, 11) is 1.58. The van der Waals surface area contributed by atoms with Crippen LogP contribution >= 0.6 is 15.9 Å². The van der Waals surface area contributed by atoms with E-state index in [0.717, 1.165) is 5.82 Å². The molecule has 2 rings (SSSR count). The van der Waals surface area contributed by atoms with Crippen LogP contribution in [0.1, 0.15) is 5.82 Å². The molecule has 0 saturated carbocycles. The van der Waals surface area contributed by atoms with Crippen molar-refractivity contribution in [1.82, 2.24) is 19.7 Å². The van der Waals surface area contributed by atoms with E-state index in [1.165, 1.54) is 4.68 Å². The van der Waals surface area contributed by atoms with Crippen LogP contribution < -0.4 is 10.9 Å². The van der Waals surface area contributed by atoms with Gasteiger partial charge in [-0.25, -0.2) is 9.67 Å². The molecular formula is C11H14BrN5O2. The number of H-pyrrole nitrogens is 1. The highest BCUT2D eigenvalue weighted by molar-refractivity contribution is 9.10. The second-order valence-electron chi connectivity index (χ2n) is 3.78. The van der Waals surface area contributed by atoms with Gasteiger partial charge in [-0.15, -0.1) is 0 Å². The topological polar surface area (TPSA) is 84.8 Å². The Labute approximate surface area is 118 Å². The largest absolute Gasteiger partial charge is 0.383 e. The van der Waals surface area contributed by atoms with Gasteiger partial charge in [0.25, 0.3) is 5.56 Å². The lowest BCUT2D eigenvalue weighted by molar-refractivity contribution is 0.181. The number of hydrogen-bond acceptors (Lipinski definition) is 5. The molecule has 102 valence electrons. The number of hydrogen-bond donors (Lipinski definition) is 2. The number of imidazole rings is 1. The fourth-order valence-electron chi connectivity index (χ4n) is 1.50. The number of ether oxygens (including phenoxy) is 1. The second kappa shape index (κ2) is 6.48. The van der Waals surface area contributed by atoms with Crippen molar-refractivity contribution in [3.63, 3.8) is 0 Å². The van der Waals surface area contributed by atoms with Crippen LogP contribution in [0, 0.1) is 0 Å². The van der Waals surface area contributed by atoms with Crippen LogP contribution in [0.4, 0.5) is 5.69 Å². The quantitative estimate of drug-likeness (QED) is 0.826. The summed E-state index contributed by atoms with van der Waals surface area (Å²) in [6.07, 6.45) is 5.02. The van der Waals surface area contributed by atoms with Gasteiger partial charge < -0.3 is 15.0 Å². The minimum Gasteiger partial charge on any atom is -0.383 e. The first-order valence-electron chi connectivity index (χ1n) is 5.69. The van der Waals surface area contributed by atoms with Crippen molar-refractivity contribution in [2.45, 2.75) is 13.1 Å². The standard InChI is InChI=1S/C11H14BrN5O2/c1-19-5-4-17-11(18)10(12)8(6-16-17)15-7-9-13-2-3-14-9/h2-3,6,15H,4-5,7H2,1H3,(H,13,14). The Morgan fingerprint density at radius 2 is 2.42 bits per heavy atom. The molecule has 0 radical (unpaired) electrons. The molecule has 8 heteroatoms. The van der Waals surface area contributed by atoms with E-state index in [4.69, 9.17) is 4.74 Å². The summed E-state index contributed by atoms with van der Waals surface area (Å²) in [5.41, 5.74) is 0.441. The molecule has 19 heavy (non-hydrogen) atoms. The van der Waals surface area contributed by atoms with E-state index >= 15 is 0 Å². The third-order valence-corrected chi connectivity index (χ3v) is 3.26. The zero-order valence-corrected chi connectivity index (χ0v) is 12.0. The van der Waals surface area contributed by atoms with Crippen molar-refractivity contribution >= 4 is 21.6 Å². The molecule has 2 N–H and O–H groups in total. The monoisotopic (exact) mass is 327 g/mol. The Morgan fingerprint density at radius 3 is 3.11 bits per heavy atom. The summed E-state index contributed by atoms with van der Waals surface area (Å²) in [6, 6.07) is 0. The van der Waals surface area contributed by atoms with Crippen LogP contribution in [-0.2, 0) is 17.8 Å². The van der Waals surface area contributed by atoms with Crippen LogP contribution in [0.25, 0.3) is 0 Å². The van der Waals surface area contributed by atoms with Gasteiger partial charge in [0.1, 0.15) is 10.3 Å². The third kappa shape index (κ3) is 3.42. The molecule has 0 aliphatic heterocycles. The third-order valence-electron chi connectivity index (χ3n) is 2.49. The van der Waals surface area contributed by atoms with Gasteiger partial charge in [-0.05, 0) is 15.9 Å². The van der Waals surface area contributed by atoms with Crippen molar-refractivity contribution in [3.8, 4) is 0 Å². The number of aromatic amines is 1.